The third-order valence-corrected chi connectivity index (χ3v) is 3.17. The first-order valence-corrected chi connectivity index (χ1v) is 7.03. The number of nitrogens with zero attached hydrogens (tertiary/aromatic N) is 1. The van der Waals surface area contributed by atoms with Gasteiger partial charge in [-0.25, -0.2) is 0 Å². The fraction of sp³-hybridized carbons (Fsp3) is 0.600. The number of rotatable bonds is 7. The van der Waals surface area contributed by atoms with Gasteiger partial charge in [-0.1, -0.05) is 0 Å². The molecule has 0 aliphatic carbocycles. The summed E-state index contributed by atoms with van der Waals surface area (Å²) in [6, 6.07) is 8.22. The summed E-state index contributed by atoms with van der Waals surface area (Å²) < 4.78 is 10.9. The maximum atomic E-state index is 9.73. The summed E-state index contributed by atoms with van der Waals surface area (Å²) in [7, 11) is 3.85. The molecular weight excluding hydrogens is 256 g/mol. The molecule has 1 aromatic carbocycles. The zero-order valence-electron chi connectivity index (χ0n) is 12.2. The summed E-state index contributed by atoms with van der Waals surface area (Å²) in [6.07, 6.45) is 0.577. The zero-order valence-corrected chi connectivity index (χ0v) is 12.2. The fourth-order valence-corrected chi connectivity index (χ4v) is 2.20. The zero-order chi connectivity index (χ0) is 14.4. The molecule has 5 heteroatoms. The second-order valence-electron chi connectivity index (χ2n) is 5.46. The van der Waals surface area contributed by atoms with Crippen molar-refractivity contribution >= 4 is 5.69 Å². The molecule has 20 heavy (non-hydrogen) atoms. The van der Waals surface area contributed by atoms with E-state index in [4.69, 9.17) is 9.47 Å². The van der Waals surface area contributed by atoms with Gasteiger partial charge in [0.15, 0.2) is 0 Å². The number of hydrogen-bond acceptors (Lipinski definition) is 5. The van der Waals surface area contributed by atoms with Crippen LogP contribution in [-0.2, 0) is 4.74 Å². The highest BCUT2D eigenvalue weighted by Crippen LogP contribution is 2.18. The van der Waals surface area contributed by atoms with Crippen molar-refractivity contribution in [2.24, 2.45) is 0 Å². The van der Waals surface area contributed by atoms with Crippen LogP contribution in [0.5, 0.6) is 5.75 Å². The van der Waals surface area contributed by atoms with Crippen LogP contribution < -0.4 is 10.1 Å². The highest BCUT2D eigenvalue weighted by Gasteiger charge is 2.14. The minimum absolute atomic E-state index is 0.307. The van der Waals surface area contributed by atoms with E-state index in [2.05, 4.69) is 5.32 Å². The van der Waals surface area contributed by atoms with Crippen LogP contribution >= 0.6 is 0 Å². The first-order chi connectivity index (χ1) is 9.63. The largest absolute Gasteiger partial charge is 0.491 e. The Labute approximate surface area is 120 Å². The lowest BCUT2D eigenvalue weighted by Gasteiger charge is -2.17. The molecule has 0 spiro atoms. The first kappa shape index (κ1) is 15.1. The molecule has 0 saturated carbocycles. The fourth-order valence-electron chi connectivity index (χ4n) is 2.20. The molecule has 1 fully saturated rings. The minimum Gasteiger partial charge on any atom is -0.491 e. The van der Waals surface area contributed by atoms with E-state index >= 15 is 0 Å². The Morgan fingerprint density at radius 1 is 1.40 bits per heavy atom. The van der Waals surface area contributed by atoms with Crippen LogP contribution in [0, 0.1) is 0 Å². The van der Waals surface area contributed by atoms with Gasteiger partial charge in [0.1, 0.15) is 18.5 Å². The Hall–Kier alpha value is -1.30. The van der Waals surface area contributed by atoms with Crippen LogP contribution in [0.2, 0.25) is 0 Å². The summed E-state index contributed by atoms with van der Waals surface area (Å²) in [4.78, 5) is 1.94. The monoisotopic (exact) mass is 280 g/mol. The predicted molar refractivity (Wildman–Crippen MR) is 79.3 cm³/mol. The van der Waals surface area contributed by atoms with Gasteiger partial charge >= 0.3 is 0 Å². The number of benzene rings is 1. The van der Waals surface area contributed by atoms with Crippen molar-refractivity contribution in [2.75, 3.05) is 45.8 Å². The smallest absolute Gasteiger partial charge is 0.119 e. The van der Waals surface area contributed by atoms with E-state index in [0.29, 0.717) is 19.2 Å². The van der Waals surface area contributed by atoms with Crippen molar-refractivity contribution in [2.45, 2.75) is 18.6 Å². The molecule has 0 bridgehead atoms. The third kappa shape index (κ3) is 5.00. The Kier molecular flexibility index (Phi) is 5.64. The highest BCUT2D eigenvalue weighted by molar-refractivity contribution is 5.47. The molecule has 0 amide bonds. The Morgan fingerprint density at radius 3 is 2.75 bits per heavy atom. The second kappa shape index (κ2) is 7.47. The lowest BCUT2D eigenvalue weighted by atomic mass is 10.2. The van der Waals surface area contributed by atoms with E-state index < -0.39 is 6.10 Å². The van der Waals surface area contributed by atoms with E-state index in [0.717, 1.165) is 31.1 Å². The maximum absolute atomic E-state index is 9.73. The number of anilines is 1. The standard InChI is InChI=1S/C15H24N2O3/c1-17(2)9-14(18)11-20-15-5-3-12(4-6-15)16-13-7-8-19-10-13/h3-6,13-14,16,18H,7-11H2,1-2H3. The van der Waals surface area contributed by atoms with Crippen molar-refractivity contribution in [1.82, 2.24) is 4.90 Å². The summed E-state index contributed by atoms with van der Waals surface area (Å²) in [5, 5.41) is 13.2. The molecule has 2 N–H and O–H groups in total. The molecular formula is C15H24N2O3. The number of nitrogens with one attached hydrogen (secondary N) is 1. The second-order valence-corrected chi connectivity index (χ2v) is 5.46. The van der Waals surface area contributed by atoms with E-state index in [-0.39, 0.29) is 0 Å². The average molecular weight is 280 g/mol. The number of likely N-dealkylation sites (N-methyl/N-ethyl adjacent to an activating group) is 1. The van der Waals surface area contributed by atoms with Gasteiger partial charge in [0, 0.05) is 18.8 Å². The Morgan fingerprint density at radius 2 is 2.15 bits per heavy atom. The molecule has 5 nitrogen and oxygen atoms in total. The van der Waals surface area contributed by atoms with Crippen molar-refractivity contribution in [3.8, 4) is 5.75 Å². The lowest BCUT2D eigenvalue weighted by molar-refractivity contribution is 0.0831. The van der Waals surface area contributed by atoms with Crippen LogP contribution in [-0.4, -0.2) is 62.6 Å². The van der Waals surface area contributed by atoms with Gasteiger partial charge in [0.25, 0.3) is 0 Å². The average Bonchev–Trinajstić information content (AvgIpc) is 2.90. The Bertz CT molecular complexity index is 389. The molecule has 1 aliphatic heterocycles. The van der Waals surface area contributed by atoms with E-state index in [1.165, 1.54) is 0 Å². The molecule has 112 valence electrons. The van der Waals surface area contributed by atoms with Crippen LogP contribution in [0.4, 0.5) is 5.69 Å². The van der Waals surface area contributed by atoms with E-state index in [9.17, 15) is 5.11 Å². The van der Waals surface area contributed by atoms with Gasteiger partial charge in [-0.3, -0.25) is 0 Å². The number of aliphatic hydroxyl groups is 1. The van der Waals surface area contributed by atoms with Gasteiger partial charge in [-0.05, 0) is 44.8 Å². The molecule has 2 unspecified atom stereocenters. The van der Waals surface area contributed by atoms with Crippen molar-refractivity contribution in [3.63, 3.8) is 0 Å². The van der Waals surface area contributed by atoms with Crippen molar-refractivity contribution < 1.29 is 14.6 Å². The van der Waals surface area contributed by atoms with Crippen LogP contribution in [0.1, 0.15) is 6.42 Å². The number of hydrogen-bond donors (Lipinski definition) is 2. The van der Waals surface area contributed by atoms with Crippen molar-refractivity contribution in [3.05, 3.63) is 24.3 Å². The third-order valence-electron chi connectivity index (χ3n) is 3.17. The van der Waals surface area contributed by atoms with Gasteiger partial charge in [-0.15, -0.1) is 0 Å². The van der Waals surface area contributed by atoms with E-state index in [1.54, 1.807) is 0 Å². The summed E-state index contributed by atoms with van der Waals surface area (Å²) >= 11 is 0. The first-order valence-electron chi connectivity index (χ1n) is 7.03. The summed E-state index contributed by atoms with van der Waals surface area (Å²) in [5.74, 6) is 0.774. The molecule has 0 aromatic heterocycles. The summed E-state index contributed by atoms with van der Waals surface area (Å²) in [5.41, 5.74) is 1.07. The van der Waals surface area contributed by atoms with E-state index in [1.807, 2.05) is 43.3 Å². The van der Waals surface area contributed by atoms with Gasteiger partial charge in [-0.2, -0.15) is 0 Å². The molecule has 1 heterocycles. The molecule has 2 atom stereocenters. The summed E-state index contributed by atoms with van der Waals surface area (Å²) in [6.45, 7) is 2.51. The highest BCUT2D eigenvalue weighted by atomic mass is 16.5. The van der Waals surface area contributed by atoms with Gasteiger partial charge in [0.05, 0.1) is 12.6 Å². The van der Waals surface area contributed by atoms with Crippen molar-refractivity contribution in [1.29, 1.82) is 0 Å². The molecule has 0 radical (unpaired) electrons. The molecule has 2 rings (SSSR count). The van der Waals surface area contributed by atoms with Crippen LogP contribution in [0.25, 0.3) is 0 Å². The molecule has 1 saturated heterocycles. The van der Waals surface area contributed by atoms with Gasteiger partial charge < -0.3 is 24.8 Å². The van der Waals surface area contributed by atoms with Crippen LogP contribution in [0.15, 0.2) is 24.3 Å². The van der Waals surface area contributed by atoms with Gasteiger partial charge in [0.2, 0.25) is 0 Å². The number of ether oxygens (including phenoxy) is 2. The Balaban J connectivity index is 1.76. The quantitative estimate of drug-likeness (QED) is 0.786. The lowest BCUT2D eigenvalue weighted by Crippen LogP contribution is -2.30. The molecule has 1 aliphatic rings. The topological polar surface area (TPSA) is 54.0 Å². The number of aliphatic hydroxyl groups excluding tert-OH is 1. The SMILES string of the molecule is CN(C)CC(O)COc1ccc(NC2CCOC2)cc1. The normalized spacial score (nSPS) is 20.1. The predicted octanol–water partition coefficient (Wildman–Crippen LogP) is 1.19. The molecule has 1 aromatic rings. The maximum Gasteiger partial charge on any atom is 0.119 e. The van der Waals surface area contributed by atoms with Crippen LogP contribution in [0.3, 0.4) is 0 Å². The minimum atomic E-state index is -0.474.